The summed E-state index contributed by atoms with van der Waals surface area (Å²) in [7, 11) is 9.30. The van der Waals surface area contributed by atoms with Gasteiger partial charge in [0.2, 0.25) is 0 Å². The number of amides is 1. The third kappa shape index (κ3) is 9.26. The van der Waals surface area contributed by atoms with Gasteiger partial charge in [0, 0.05) is 54.9 Å². The molecule has 2 aliphatic rings. The zero-order valence-corrected chi connectivity index (χ0v) is 34.7. The van der Waals surface area contributed by atoms with Gasteiger partial charge in [0.25, 0.3) is 5.91 Å². The summed E-state index contributed by atoms with van der Waals surface area (Å²) in [4.78, 5) is 40.0. The van der Waals surface area contributed by atoms with E-state index in [1.165, 1.54) is 18.7 Å². The first-order chi connectivity index (χ1) is 28.7. The molecule has 7 rings (SSSR count). The number of rotatable bonds is 12. The number of pyridine rings is 1. The molecule has 0 unspecified atom stereocenters. The number of esters is 1. The fourth-order valence-electron chi connectivity index (χ4n) is 8.72. The molecule has 60 heavy (non-hydrogen) atoms. The Morgan fingerprint density at radius 3 is 2.28 bits per heavy atom. The van der Waals surface area contributed by atoms with Crippen LogP contribution in [-0.4, -0.2) is 124 Å². The van der Waals surface area contributed by atoms with Gasteiger partial charge in [-0.2, -0.15) is 13.2 Å². The number of piperidine rings is 1. The number of carbonyl (C=O) groups is 2. The van der Waals surface area contributed by atoms with E-state index in [0.29, 0.717) is 19.1 Å². The van der Waals surface area contributed by atoms with E-state index < -0.39 is 42.6 Å². The summed E-state index contributed by atoms with van der Waals surface area (Å²) < 4.78 is 69.3. The second-order valence-corrected chi connectivity index (χ2v) is 16.2. The van der Waals surface area contributed by atoms with Crippen LogP contribution in [0.3, 0.4) is 0 Å². The Balaban J connectivity index is 1.22. The largest absolute Gasteiger partial charge is 0.467 e. The van der Waals surface area contributed by atoms with Crippen LogP contribution in [0.5, 0.6) is 0 Å². The highest BCUT2D eigenvalue weighted by Crippen LogP contribution is 2.36. The van der Waals surface area contributed by atoms with E-state index >= 15 is 4.39 Å². The quantitative estimate of drug-likeness (QED) is 0.105. The molecule has 0 bridgehead atoms. The molecular formula is C46H52F4N6O4. The number of nitrogens with zero attached hydrogens (tertiary/aromatic N) is 5. The van der Waals surface area contributed by atoms with Crippen molar-refractivity contribution < 1.29 is 36.6 Å². The summed E-state index contributed by atoms with van der Waals surface area (Å²) in [5.74, 6) is -2.58. The number of carbonyl (C=O) groups excluding carboxylic acids is 2. The van der Waals surface area contributed by atoms with Crippen molar-refractivity contribution in [3.8, 4) is 11.3 Å². The highest BCUT2D eigenvalue weighted by molar-refractivity contribution is 6.05. The second-order valence-electron chi connectivity index (χ2n) is 16.2. The Bertz CT molecular complexity index is 2350. The van der Waals surface area contributed by atoms with Crippen LogP contribution in [0.2, 0.25) is 0 Å². The molecule has 2 saturated heterocycles. The van der Waals surface area contributed by atoms with Crippen LogP contribution in [0.15, 0.2) is 79.0 Å². The van der Waals surface area contributed by atoms with Gasteiger partial charge in [0.15, 0.2) is 0 Å². The van der Waals surface area contributed by atoms with Crippen molar-refractivity contribution in [2.75, 3.05) is 73.0 Å². The van der Waals surface area contributed by atoms with Crippen molar-refractivity contribution >= 4 is 39.1 Å². The summed E-state index contributed by atoms with van der Waals surface area (Å²) >= 11 is 0. The van der Waals surface area contributed by atoms with Crippen molar-refractivity contribution in [3.63, 3.8) is 0 Å². The van der Waals surface area contributed by atoms with Gasteiger partial charge in [-0.25, -0.2) is 9.18 Å². The number of morpholine rings is 1. The number of aromatic nitrogens is 1. The summed E-state index contributed by atoms with van der Waals surface area (Å²) in [5, 5.41) is 6.58. The summed E-state index contributed by atoms with van der Waals surface area (Å²) in [6.45, 7) is 1.54. The Morgan fingerprint density at radius 1 is 0.900 bits per heavy atom. The maximum absolute atomic E-state index is 16.5. The Kier molecular flexibility index (Phi) is 13.0. The Morgan fingerprint density at radius 2 is 1.58 bits per heavy atom. The van der Waals surface area contributed by atoms with Crippen molar-refractivity contribution in [2.45, 2.75) is 56.7 Å². The molecule has 10 nitrogen and oxygen atoms in total. The minimum atomic E-state index is -4.63. The highest BCUT2D eigenvalue weighted by Gasteiger charge is 2.46. The standard InChI is InChI=1S/C46H52F4N6O4/c1-53(2)26-30-10-7-13-37-35(30)15-18-51-43(37)38-14-8-11-34-29(9-6-12-36(34)38)24-40(45(58)59-5)52-44(57)42-31(27-55-19-16-32(17-20-55)54(3)4)23-33(25-39(42)47)56-21-22-60-28-41(56)46(48,49)50/h6-15,18,23,25,32,40-41H,16-17,19-22,24,26-28H2,1-5H3,(H,52,57)/t40-,41+/m0/s1. The molecule has 0 saturated carbocycles. The lowest BCUT2D eigenvalue weighted by atomic mass is 9.92. The number of nitrogens with one attached hydrogen (secondary N) is 1. The molecule has 1 amide bonds. The molecular weight excluding hydrogens is 777 g/mol. The number of methoxy groups -OCH3 is 1. The van der Waals surface area contributed by atoms with Gasteiger partial charge < -0.3 is 29.5 Å². The highest BCUT2D eigenvalue weighted by atomic mass is 19.4. The maximum Gasteiger partial charge on any atom is 0.411 e. The number of ether oxygens (including phenoxy) is 2. The van der Waals surface area contributed by atoms with Crippen LogP contribution in [0, 0.1) is 5.82 Å². The number of hydrogen-bond donors (Lipinski definition) is 1. The number of fused-ring (bicyclic) bond motifs is 2. The van der Waals surface area contributed by atoms with Crippen LogP contribution in [-0.2, 0) is 33.8 Å². The van der Waals surface area contributed by atoms with Gasteiger partial charge in [0.05, 0.1) is 31.6 Å². The van der Waals surface area contributed by atoms with Crippen LogP contribution < -0.4 is 10.2 Å². The molecule has 14 heteroatoms. The molecule has 2 aliphatic heterocycles. The summed E-state index contributed by atoms with van der Waals surface area (Å²) in [5.41, 5.74) is 3.54. The lowest BCUT2D eigenvalue weighted by molar-refractivity contribution is -0.167. The fraction of sp³-hybridized carbons (Fsp3) is 0.413. The first-order valence-electron chi connectivity index (χ1n) is 20.3. The lowest BCUT2D eigenvalue weighted by Crippen LogP contribution is -2.53. The van der Waals surface area contributed by atoms with E-state index in [1.54, 1.807) is 0 Å². The maximum atomic E-state index is 16.5. The van der Waals surface area contributed by atoms with E-state index in [1.807, 2.05) is 82.9 Å². The molecule has 318 valence electrons. The van der Waals surface area contributed by atoms with E-state index in [-0.39, 0.29) is 42.9 Å². The SMILES string of the molecule is COC(=O)[C@H](Cc1cccc2c(-c3nccc4c(CN(C)C)cccc34)cccc12)NC(=O)c1c(F)cc(N2CCOC[C@@H]2C(F)(F)F)cc1CN1CCC(N(C)C)CC1. The van der Waals surface area contributed by atoms with Gasteiger partial charge >= 0.3 is 12.1 Å². The molecule has 5 aromatic rings. The zero-order valence-electron chi connectivity index (χ0n) is 34.7. The van der Waals surface area contributed by atoms with E-state index in [4.69, 9.17) is 14.5 Å². The minimum absolute atomic E-state index is 0.0125. The molecule has 4 aromatic carbocycles. The predicted molar refractivity (Wildman–Crippen MR) is 225 cm³/mol. The van der Waals surface area contributed by atoms with E-state index in [9.17, 15) is 22.8 Å². The topological polar surface area (TPSA) is 90.5 Å². The van der Waals surface area contributed by atoms with Gasteiger partial charge in [-0.1, -0.05) is 54.6 Å². The number of hydrogen-bond acceptors (Lipinski definition) is 9. The monoisotopic (exact) mass is 828 g/mol. The normalized spacial score (nSPS) is 17.4. The van der Waals surface area contributed by atoms with Crippen molar-refractivity contribution in [1.82, 2.24) is 25.0 Å². The number of anilines is 1. The molecule has 0 aliphatic carbocycles. The smallest absolute Gasteiger partial charge is 0.411 e. The molecule has 2 atom stereocenters. The number of benzene rings is 4. The Labute approximate surface area is 348 Å². The van der Waals surface area contributed by atoms with Crippen LogP contribution >= 0.6 is 0 Å². The van der Waals surface area contributed by atoms with Crippen molar-refractivity contribution in [1.29, 1.82) is 0 Å². The molecule has 1 aromatic heterocycles. The summed E-state index contributed by atoms with van der Waals surface area (Å²) in [6.07, 6.45) is -1.13. The lowest BCUT2D eigenvalue weighted by Gasteiger charge is -2.39. The molecule has 2 fully saturated rings. The molecule has 0 spiro atoms. The predicted octanol–water partition coefficient (Wildman–Crippen LogP) is 7.06. The van der Waals surface area contributed by atoms with Crippen molar-refractivity contribution in [3.05, 3.63) is 107 Å². The van der Waals surface area contributed by atoms with E-state index in [2.05, 4.69) is 32.1 Å². The third-order valence-electron chi connectivity index (χ3n) is 11.8. The molecule has 0 radical (unpaired) electrons. The second kappa shape index (κ2) is 18.2. The fourth-order valence-corrected chi connectivity index (χ4v) is 8.72. The van der Waals surface area contributed by atoms with E-state index in [0.717, 1.165) is 68.7 Å². The van der Waals surface area contributed by atoms with Crippen LogP contribution in [0.25, 0.3) is 32.8 Å². The first kappa shape index (κ1) is 43.0. The molecule has 1 N–H and O–H groups in total. The van der Waals surface area contributed by atoms with Gasteiger partial charge in [-0.05, 0) is 105 Å². The zero-order chi connectivity index (χ0) is 42.7. The summed E-state index contributed by atoms with van der Waals surface area (Å²) in [6, 6.07) is 19.5. The average molecular weight is 829 g/mol. The van der Waals surface area contributed by atoms with Crippen molar-refractivity contribution in [2.24, 2.45) is 0 Å². The number of alkyl halides is 3. The number of likely N-dealkylation sites (tertiary alicyclic amines) is 1. The minimum Gasteiger partial charge on any atom is -0.467 e. The Hall–Kier alpha value is -5.15. The van der Waals surface area contributed by atoms with Gasteiger partial charge in [-0.3, -0.25) is 14.7 Å². The number of halogens is 4. The van der Waals surface area contributed by atoms with Gasteiger partial charge in [-0.15, -0.1) is 0 Å². The average Bonchev–Trinajstić information content (AvgIpc) is 3.22. The van der Waals surface area contributed by atoms with Crippen LogP contribution in [0.1, 0.15) is 39.9 Å². The molecule has 3 heterocycles. The van der Waals surface area contributed by atoms with Crippen LogP contribution in [0.4, 0.5) is 23.2 Å². The third-order valence-corrected chi connectivity index (χ3v) is 11.8. The van der Waals surface area contributed by atoms with Gasteiger partial charge in [0.1, 0.15) is 17.9 Å². The first-order valence-corrected chi connectivity index (χ1v) is 20.3.